The Kier molecular flexibility index (Phi) is 4.67. The molecule has 0 aliphatic carbocycles. The SMILES string of the molecule is CC(C)(C)Nc1nc(N2CCC(F)(F)C2)c2[nH]c(CCC(F)(F)F)nc2n1. The van der Waals surface area contributed by atoms with E-state index in [1.54, 1.807) is 0 Å². The van der Waals surface area contributed by atoms with Crippen LogP contribution in [-0.2, 0) is 6.42 Å². The van der Waals surface area contributed by atoms with Gasteiger partial charge < -0.3 is 15.2 Å². The van der Waals surface area contributed by atoms with Gasteiger partial charge in [0.1, 0.15) is 11.3 Å². The molecule has 1 aliphatic rings. The van der Waals surface area contributed by atoms with Crippen molar-refractivity contribution in [3.8, 4) is 0 Å². The normalized spacial score (nSPS) is 17.7. The highest BCUT2D eigenvalue weighted by Gasteiger charge is 2.40. The first-order chi connectivity index (χ1) is 12.3. The maximum Gasteiger partial charge on any atom is 0.389 e. The van der Waals surface area contributed by atoms with Crippen LogP contribution >= 0.6 is 0 Å². The highest BCUT2D eigenvalue weighted by atomic mass is 19.4. The molecule has 1 fully saturated rings. The molecule has 2 aromatic heterocycles. The van der Waals surface area contributed by atoms with Crippen molar-refractivity contribution in [2.45, 2.75) is 57.7 Å². The molecule has 2 aromatic rings. The smallest absolute Gasteiger partial charge is 0.350 e. The first-order valence-electron chi connectivity index (χ1n) is 8.56. The Morgan fingerprint density at radius 2 is 1.85 bits per heavy atom. The van der Waals surface area contributed by atoms with E-state index in [0.717, 1.165) is 0 Å². The van der Waals surface area contributed by atoms with Crippen LogP contribution in [0.3, 0.4) is 0 Å². The highest BCUT2D eigenvalue weighted by molar-refractivity contribution is 5.85. The van der Waals surface area contributed by atoms with Gasteiger partial charge in [0.25, 0.3) is 5.92 Å². The van der Waals surface area contributed by atoms with Gasteiger partial charge in [-0.2, -0.15) is 23.1 Å². The first kappa shape index (κ1) is 19.6. The number of nitrogens with zero attached hydrogens (tertiary/aromatic N) is 4. The van der Waals surface area contributed by atoms with Gasteiger partial charge in [-0.1, -0.05) is 0 Å². The summed E-state index contributed by atoms with van der Waals surface area (Å²) in [5.41, 5.74) is 0.0263. The molecule has 150 valence electrons. The van der Waals surface area contributed by atoms with Crippen LogP contribution < -0.4 is 10.2 Å². The van der Waals surface area contributed by atoms with Gasteiger partial charge >= 0.3 is 6.18 Å². The zero-order valence-electron chi connectivity index (χ0n) is 15.2. The van der Waals surface area contributed by atoms with Crippen LogP contribution in [0.25, 0.3) is 11.2 Å². The van der Waals surface area contributed by atoms with Crippen LogP contribution in [0.15, 0.2) is 0 Å². The lowest BCUT2D eigenvalue weighted by Crippen LogP contribution is -2.29. The number of rotatable bonds is 4. The minimum atomic E-state index is -4.32. The number of aromatic nitrogens is 4. The van der Waals surface area contributed by atoms with Gasteiger partial charge in [0.05, 0.1) is 13.0 Å². The summed E-state index contributed by atoms with van der Waals surface area (Å²) in [6, 6.07) is 0. The van der Waals surface area contributed by atoms with Crippen LogP contribution in [0.4, 0.5) is 33.7 Å². The van der Waals surface area contributed by atoms with E-state index >= 15 is 0 Å². The summed E-state index contributed by atoms with van der Waals surface area (Å²) in [5, 5.41) is 3.05. The minimum Gasteiger partial charge on any atom is -0.350 e. The van der Waals surface area contributed by atoms with Crippen molar-refractivity contribution in [2.24, 2.45) is 0 Å². The molecule has 0 unspecified atom stereocenters. The fourth-order valence-corrected chi connectivity index (χ4v) is 2.85. The van der Waals surface area contributed by atoms with Gasteiger partial charge in [0.15, 0.2) is 11.5 Å². The van der Waals surface area contributed by atoms with E-state index in [9.17, 15) is 22.0 Å². The van der Waals surface area contributed by atoms with Crippen LogP contribution in [0.2, 0.25) is 0 Å². The fourth-order valence-electron chi connectivity index (χ4n) is 2.85. The molecule has 1 aliphatic heterocycles. The third kappa shape index (κ3) is 4.95. The van der Waals surface area contributed by atoms with Crippen LogP contribution in [-0.4, -0.2) is 50.7 Å². The predicted molar refractivity (Wildman–Crippen MR) is 91.2 cm³/mol. The number of aryl methyl sites for hydroxylation is 1. The molecular formula is C16H21F5N6. The molecule has 0 bridgehead atoms. The van der Waals surface area contributed by atoms with E-state index in [4.69, 9.17) is 0 Å². The van der Waals surface area contributed by atoms with E-state index in [-0.39, 0.29) is 48.1 Å². The highest BCUT2D eigenvalue weighted by Crippen LogP contribution is 2.34. The molecule has 2 N–H and O–H groups in total. The second-order valence-electron chi connectivity index (χ2n) is 7.77. The van der Waals surface area contributed by atoms with Crippen molar-refractivity contribution in [1.29, 1.82) is 0 Å². The van der Waals surface area contributed by atoms with Crippen LogP contribution in [0, 0.1) is 0 Å². The lowest BCUT2D eigenvalue weighted by Gasteiger charge is -2.22. The van der Waals surface area contributed by atoms with Crippen molar-refractivity contribution in [3.63, 3.8) is 0 Å². The number of halogens is 5. The number of hydrogen-bond acceptors (Lipinski definition) is 5. The van der Waals surface area contributed by atoms with Crippen molar-refractivity contribution in [1.82, 2.24) is 19.9 Å². The van der Waals surface area contributed by atoms with Gasteiger partial charge in [0, 0.05) is 24.9 Å². The molecule has 11 heteroatoms. The fraction of sp³-hybridized carbons (Fsp3) is 0.688. The maximum atomic E-state index is 13.7. The second-order valence-corrected chi connectivity index (χ2v) is 7.77. The summed E-state index contributed by atoms with van der Waals surface area (Å²) in [4.78, 5) is 16.9. The second kappa shape index (κ2) is 6.45. The lowest BCUT2D eigenvalue weighted by molar-refractivity contribution is -0.134. The third-order valence-corrected chi connectivity index (χ3v) is 3.98. The quantitative estimate of drug-likeness (QED) is 0.773. The third-order valence-electron chi connectivity index (χ3n) is 3.98. The first-order valence-corrected chi connectivity index (χ1v) is 8.56. The van der Waals surface area contributed by atoms with E-state index in [0.29, 0.717) is 0 Å². The molecule has 3 heterocycles. The number of hydrogen-bond donors (Lipinski definition) is 2. The summed E-state index contributed by atoms with van der Waals surface area (Å²) in [5.74, 6) is -2.34. The van der Waals surface area contributed by atoms with E-state index in [1.165, 1.54) is 4.90 Å². The molecular weight excluding hydrogens is 371 g/mol. The number of fused-ring (bicyclic) bond motifs is 1. The summed E-state index contributed by atoms with van der Waals surface area (Å²) < 4.78 is 64.8. The Hall–Kier alpha value is -2.20. The van der Waals surface area contributed by atoms with Crippen molar-refractivity contribution >= 4 is 22.9 Å². The van der Waals surface area contributed by atoms with Gasteiger partial charge in [-0.3, -0.25) is 0 Å². The molecule has 27 heavy (non-hydrogen) atoms. The molecule has 0 amide bonds. The van der Waals surface area contributed by atoms with Crippen LogP contribution in [0.1, 0.15) is 39.4 Å². The van der Waals surface area contributed by atoms with Gasteiger partial charge in [-0.25, -0.2) is 13.8 Å². The predicted octanol–water partition coefficient (Wildman–Crippen LogP) is 3.90. The number of alkyl halides is 5. The summed E-state index contributed by atoms with van der Waals surface area (Å²) in [7, 11) is 0. The molecule has 0 spiro atoms. The number of H-pyrrole nitrogens is 1. The molecule has 1 saturated heterocycles. The Balaban J connectivity index is 2.00. The number of imidazole rings is 1. The van der Waals surface area contributed by atoms with E-state index in [2.05, 4.69) is 25.3 Å². The summed E-state index contributed by atoms with van der Waals surface area (Å²) >= 11 is 0. The molecule has 0 saturated carbocycles. The monoisotopic (exact) mass is 392 g/mol. The Morgan fingerprint density at radius 1 is 1.15 bits per heavy atom. The number of nitrogens with one attached hydrogen (secondary N) is 2. The summed E-state index contributed by atoms with van der Waals surface area (Å²) in [6.45, 7) is 5.21. The average molecular weight is 392 g/mol. The zero-order chi connectivity index (χ0) is 20.0. The standard InChI is InChI=1S/C16H21F5N6/c1-14(2,3)26-13-24-11-10(22-9(23-11)4-5-16(19,20)21)12(25-13)27-7-6-15(17,18)8-27/h4-8H2,1-3H3,(H2,22,23,24,25,26). The van der Waals surface area contributed by atoms with Crippen molar-refractivity contribution in [3.05, 3.63) is 5.82 Å². The van der Waals surface area contributed by atoms with Crippen molar-refractivity contribution < 1.29 is 22.0 Å². The Morgan fingerprint density at radius 3 is 2.41 bits per heavy atom. The van der Waals surface area contributed by atoms with E-state index < -0.39 is 30.6 Å². The maximum absolute atomic E-state index is 13.7. The van der Waals surface area contributed by atoms with Gasteiger partial charge in [-0.15, -0.1) is 0 Å². The van der Waals surface area contributed by atoms with Gasteiger partial charge in [0.2, 0.25) is 5.95 Å². The topological polar surface area (TPSA) is 69.7 Å². The Bertz CT molecular complexity index is 823. The van der Waals surface area contributed by atoms with Crippen molar-refractivity contribution in [2.75, 3.05) is 23.3 Å². The molecule has 6 nitrogen and oxygen atoms in total. The average Bonchev–Trinajstić information content (AvgIpc) is 3.04. The number of anilines is 2. The molecule has 3 rings (SSSR count). The molecule has 0 atom stereocenters. The van der Waals surface area contributed by atoms with E-state index in [1.807, 2.05) is 20.8 Å². The van der Waals surface area contributed by atoms with Gasteiger partial charge in [-0.05, 0) is 20.8 Å². The largest absolute Gasteiger partial charge is 0.389 e. The minimum absolute atomic E-state index is 0.0883. The Labute approximate surface area is 152 Å². The molecule has 0 radical (unpaired) electrons. The summed E-state index contributed by atoms with van der Waals surface area (Å²) in [6.07, 6.45) is -6.01. The van der Waals surface area contributed by atoms with Crippen LogP contribution in [0.5, 0.6) is 0 Å². The lowest BCUT2D eigenvalue weighted by atomic mass is 10.1. The number of aromatic amines is 1. The zero-order valence-corrected chi connectivity index (χ0v) is 15.2. The molecule has 0 aromatic carbocycles.